The highest BCUT2D eigenvalue weighted by Gasteiger charge is 2.23. The van der Waals surface area contributed by atoms with E-state index in [0.717, 1.165) is 0 Å². The predicted octanol–water partition coefficient (Wildman–Crippen LogP) is 4.00. The molecule has 0 aromatic carbocycles. The van der Waals surface area contributed by atoms with Gasteiger partial charge in [-0.15, -0.1) is 0 Å². The molecule has 0 fully saturated rings. The zero-order valence-electron chi connectivity index (χ0n) is 7.21. The smallest absolute Gasteiger partial charge is 0.169 e. The van der Waals surface area contributed by atoms with Crippen molar-refractivity contribution in [2.75, 3.05) is 0 Å². The molecule has 2 atom stereocenters. The standard InChI is InChI=1S/C8H8F6/c1-4(10)7(13)8(14)6(12)2-5(11)3-9/h3-4,6H,2H2,1H3. The highest BCUT2D eigenvalue weighted by molar-refractivity contribution is 5.11. The molecule has 0 N–H and O–H groups in total. The fraction of sp³-hybridized carbons (Fsp3) is 0.500. The molecule has 0 spiro atoms. The molecule has 0 amide bonds. The van der Waals surface area contributed by atoms with Crippen molar-refractivity contribution in [2.45, 2.75) is 25.7 Å². The lowest BCUT2D eigenvalue weighted by atomic mass is 10.2. The van der Waals surface area contributed by atoms with Crippen LogP contribution in [0.2, 0.25) is 0 Å². The van der Waals surface area contributed by atoms with Crippen LogP contribution in [-0.4, -0.2) is 12.3 Å². The summed E-state index contributed by atoms with van der Waals surface area (Å²) >= 11 is 0. The number of hydrogen-bond acceptors (Lipinski definition) is 0. The van der Waals surface area contributed by atoms with Crippen LogP contribution in [0.4, 0.5) is 26.3 Å². The van der Waals surface area contributed by atoms with Gasteiger partial charge in [0.05, 0.1) is 0 Å². The van der Waals surface area contributed by atoms with Gasteiger partial charge in [-0.25, -0.2) is 26.3 Å². The first-order valence-electron chi connectivity index (χ1n) is 3.68. The molecular weight excluding hydrogens is 210 g/mol. The second-order valence-corrected chi connectivity index (χ2v) is 2.54. The van der Waals surface area contributed by atoms with Gasteiger partial charge in [0.2, 0.25) is 0 Å². The first-order chi connectivity index (χ1) is 6.40. The van der Waals surface area contributed by atoms with Gasteiger partial charge < -0.3 is 0 Å². The molecule has 0 radical (unpaired) electrons. The Bertz CT molecular complexity index is 242. The van der Waals surface area contributed by atoms with Gasteiger partial charge in [-0.05, 0) is 6.92 Å². The number of halogens is 6. The zero-order valence-corrected chi connectivity index (χ0v) is 7.21. The topological polar surface area (TPSA) is 0 Å². The molecule has 0 heterocycles. The molecule has 0 bridgehead atoms. The molecule has 0 aliphatic rings. The van der Waals surface area contributed by atoms with Crippen LogP contribution < -0.4 is 0 Å². The summed E-state index contributed by atoms with van der Waals surface area (Å²) in [6.45, 7) is 0.656. The van der Waals surface area contributed by atoms with Gasteiger partial charge in [-0.2, -0.15) is 0 Å². The Kier molecular flexibility index (Phi) is 5.34. The quantitative estimate of drug-likeness (QED) is 0.625. The molecule has 6 heteroatoms. The lowest BCUT2D eigenvalue weighted by Gasteiger charge is -2.06. The van der Waals surface area contributed by atoms with Crippen molar-refractivity contribution in [1.29, 1.82) is 0 Å². The Morgan fingerprint density at radius 3 is 2.00 bits per heavy atom. The molecule has 0 aromatic heterocycles. The summed E-state index contributed by atoms with van der Waals surface area (Å²) in [7, 11) is 0. The van der Waals surface area contributed by atoms with E-state index in [1.165, 1.54) is 0 Å². The van der Waals surface area contributed by atoms with Gasteiger partial charge in [-0.1, -0.05) is 0 Å². The van der Waals surface area contributed by atoms with E-state index in [1.807, 2.05) is 0 Å². The van der Waals surface area contributed by atoms with Gasteiger partial charge in [0.1, 0.15) is 12.2 Å². The third-order valence-corrected chi connectivity index (χ3v) is 1.35. The molecule has 0 saturated heterocycles. The second-order valence-electron chi connectivity index (χ2n) is 2.54. The summed E-state index contributed by atoms with van der Waals surface area (Å²) in [5.41, 5.74) is 0. The average molecular weight is 218 g/mol. The fourth-order valence-corrected chi connectivity index (χ4v) is 0.645. The number of alkyl halides is 2. The number of allylic oxidation sites excluding steroid dienone is 3. The average Bonchev–Trinajstić information content (AvgIpc) is 2.14. The largest absolute Gasteiger partial charge is 0.240 e. The van der Waals surface area contributed by atoms with Crippen molar-refractivity contribution in [3.05, 3.63) is 23.8 Å². The van der Waals surface area contributed by atoms with Crippen LogP contribution in [0.25, 0.3) is 0 Å². The Morgan fingerprint density at radius 1 is 1.14 bits per heavy atom. The first-order valence-corrected chi connectivity index (χ1v) is 3.68. The third kappa shape index (κ3) is 3.85. The molecule has 0 aliphatic carbocycles. The molecule has 0 rings (SSSR count). The van der Waals surface area contributed by atoms with Crippen LogP contribution in [0.15, 0.2) is 23.8 Å². The van der Waals surface area contributed by atoms with Crippen molar-refractivity contribution < 1.29 is 26.3 Å². The Hall–Kier alpha value is -0.940. The summed E-state index contributed by atoms with van der Waals surface area (Å²) in [5, 5.41) is 0. The predicted molar refractivity (Wildman–Crippen MR) is 39.6 cm³/mol. The van der Waals surface area contributed by atoms with Crippen LogP contribution in [0.3, 0.4) is 0 Å². The van der Waals surface area contributed by atoms with E-state index in [2.05, 4.69) is 0 Å². The number of hydrogen-bond donors (Lipinski definition) is 0. The highest BCUT2D eigenvalue weighted by Crippen LogP contribution is 2.24. The first kappa shape index (κ1) is 13.1. The lowest BCUT2D eigenvalue weighted by molar-refractivity contribution is 0.268. The molecule has 0 aromatic rings. The summed E-state index contributed by atoms with van der Waals surface area (Å²) in [6, 6.07) is 0. The van der Waals surface area contributed by atoms with E-state index in [0.29, 0.717) is 6.92 Å². The lowest BCUT2D eigenvalue weighted by Crippen LogP contribution is -2.07. The van der Waals surface area contributed by atoms with E-state index in [-0.39, 0.29) is 0 Å². The van der Waals surface area contributed by atoms with E-state index in [9.17, 15) is 26.3 Å². The van der Waals surface area contributed by atoms with Crippen molar-refractivity contribution in [3.63, 3.8) is 0 Å². The van der Waals surface area contributed by atoms with Gasteiger partial charge in [0.25, 0.3) is 0 Å². The molecular formula is C8H8F6. The van der Waals surface area contributed by atoms with E-state index >= 15 is 0 Å². The maximum atomic E-state index is 12.6. The Labute approximate surface area is 76.9 Å². The minimum Gasteiger partial charge on any atom is -0.240 e. The highest BCUT2D eigenvalue weighted by atomic mass is 19.2. The summed E-state index contributed by atoms with van der Waals surface area (Å²) in [6.07, 6.45) is -6.88. The minimum atomic E-state index is -2.71. The molecule has 2 unspecified atom stereocenters. The van der Waals surface area contributed by atoms with Crippen LogP contribution in [0.1, 0.15) is 13.3 Å². The summed E-state index contributed by atoms with van der Waals surface area (Å²) in [5.74, 6) is -5.56. The molecule has 14 heavy (non-hydrogen) atoms. The number of rotatable bonds is 4. The van der Waals surface area contributed by atoms with Crippen molar-refractivity contribution >= 4 is 0 Å². The van der Waals surface area contributed by atoms with Gasteiger partial charge in [-0.3, -0.25) is 0 Å². The summed E-state index contributed by atoms with van der Waals surface area (Å²) < 4.78 is 73.0. The molecule has 0 nitrogen and oxygen atoms in total. The van der Waals surface area contributed by atoms with Gasteiger partial charge in [0, 0.05) is 6.42 Å². The monoisotopic (exact) mass is 218 g/mol. The van der Waals surface area contributed by atoms with E-state index in [1.54, 1.807) is 0 Å². The zero-order chi connectivity index (χ0) is 11.3. The Balaban J connectivity index is 4.53. The molecule has 0 saturated carbocycles. The van der Waals surface area contributed by atoms with Crippen LogP contribution >= 0.6 is 0 Å². The van der Waals surface area contributed by atoms with Gasteiger partial charge in [0.15, 0.2) is 24.0 Å². The Morgan fingerprint density at radius 2 is 1.64 bits per heavy atom. The second kappa shape index (κ2) is 5.72. The van der Waals surface area contributed by atoms with Crippen LogP contribution in [0, 0.1) is 0 Å². The maximum absolute atomic E-state index is 12.6. The minimum absolute atomic E-state index is 0.573. The fourth-order valence-electron chi connectivity index (χ4n) is 0.645. The van der Waals surface area contributed by atoms with Crippen LogP contribution in [0.5, 0.6) is 0 Å². The van der Waals surface area contributed by atoms with Crippen molar-refractivity contribution in [2.24, 2.45) is 0 Å². The van der Waals surface area contributed by atoms with E-state index < -0.39 is 42.6 Å². The maximum Gasteiger partial charge on any atom is 0.169 e. The third-order valence-electron chi connectivity index (χ3n) is 1.35. The van der Waals surface area contributed by atoms with Crippen molar-refractivity contribution in [1.82, 2.24) is 0 Å². The van der Waals surface area contributed by atoms with Crippen LogP contribution in [-0.2, 0) is 0 Å². The van der Waals surface area contributed by atoms with Gasteiger partial charge >= 0.3 is 0 Å². The normalized spacial score (nSPS) is 18.9. The van der Waals surface area contributed by atoms with Crippen molar-refractivity contribution in [3.8, 4) is 0 Å². The summed E-state index contributed by atoms with van der Waals surface area (Å²) in [4.78, 5) is 0. The SMILES string of the molecule is CC(F)C(F)=C(F)C(F)CC(F)=CF. The molecule has 82 valence electrons. The molecule has 0 aliphatic heterocycles. The van der Waals surface area contributed by atoms with E-state index in [4.69, 9.17) is 0 Å².